The van der Waals surface area contributed by atoms with Gasteiger partial charge in [-0.1, -0.05) is 24.3 Å². The number of fused-ring (bicyclic) bond motifs is 1. The van der Waals surface area contributed by atoms with Crippen molar-refractivity contribution in [2.75, 3.05) is 11.9 Å². The number of amides is 3. The molecule has 0 aliphatic carbocycles. The van der Waals surface area contributed by atoms with Gasteiger partial charge in [0.1, 0.15) is 0 Å². The van der Waals surface area contributed by atoms with Crippen LogP contribution in [0.1, 0.15) is 41.5 Å². The monoisotopic (exact) mass is 401 g/mol. The molecule has 0 unspecified atom stereocenters. The summed E-state index contributed by atoms with van der Waals surface area (Å²) in [6.45, 7) is 0.194. The number of benzene rings is 2. The highest BCUT2D eigenvalue weighted by molar-refractivity contribution is 7.12. The van der Waals surface area contributed by atoms with Crippen LogP contribution in [0.25, 0.3) is 0 Å². The molecule has 2 aromatic carbocycles. The number of nitrogens with zero attached hydrogens (tertiary/aromatic N) is 2. The summed E-state index contributed by atoms with van der Waals surface area (Å²) < 4.78 is 0. The van der Waals surface area contributed by atoms with Gasteiger partial charge in [0.15, 0.2) is 0 Å². The summed E-state index contributed by atoms with van der Waals surface area (Å²) in [6, 6.07) is 17.5. The first-order valence-corrected chi connectivity index (χ1v) is 9.79. The summed E-state index contributed by atoms with van der Waals surface area (Å²) in [5.74, 6) is -1.13. The summed E-state index contributed by atoms with van der Waals surface area (Å²) in [6.07, 6.45) is 0.442. The normalized spacial score (nSPS) is 12.6. The van der Waals surface area contributed by atoms with E-state index in [1.54, 1.807) is 53.9 Å². The third-order valence-electron chi connectivity index (χ3n) is 4.67. The van der Waals surface area contributed by atoms with Crippen LogP contribution in [0.4, 0.5) is 5.69 Å². The summed E-state index contributed by atoms with van der Waals surface area (Å²) in [5.41, 5.74) is 2.22. The number of imide groups is 1. The van der Waals surface area contributed by atoms with Gasteiger partial charge in [-0.25, -0.2) is 0 Å². The molecule has 0 spiro atoms. The van der Waals surface area contributed by atoms with Crippen molar-refractivity contribution < 1.29 is 14.4 Å². The largest absolute Gasteiger partial charge is 0.321 e. The van der Waals surface area contributed by atoms with Gasteiger partial charge in [-0.05, 0) is 47.7 Å². The Bertz CT molecular complexity index is 1160. The van der Waals surface area contributed by atoms with E-state index in [0.29, 0.717) is 22.5 Å². The van der Waals surface area contributed by atoms with Gasteiger partial charge in [-0.3, -0.25) is 19.3 Å². The highest BCUT2D eigenvalue weighted by atomic mass is 32.1. The molecule has 29 heavy (non-hydrogen) atoms. The number of carbonyl (C=O) groups is 3. The molecule has 6 nitrogen and oxygen atoms in total. The lowest BCUT2D eigenvalue weighted by atomic mass is 10.1. The number of thiophene rings is 1. The number of nitrogens with one attached hydrogen (secondary N) is 1. The van der Waals surface area contributed by atoms with Crippen molar-refractivity contribution in [1.82, 2.24) is 4.90 Å². The Morgan fingerprint density at radius 3 is 2.66 bits per heavy atom. The third kappa shape index (κ3) is 3.53. The molecular weight excluding hydrogens is 386 g/mol. The molecule has 0 saturated heterocycles. The minimum absolute atomic E-state index is 0.194. The number of anilines is 1. The first-order valence-electron chi connectivity index (χ1n) is 8.91. The van der Waals surface area contributed by atoms with E-state index in [1.807, 2.05) is 6.07 Å². The van der Waals surface area contributed by atoms with Gasteiger partial charge in [0.25, 0.3) is 17.7 Å². The Hall–Kier alpha value is -3.76. The smallest absolute Gasteiger partial charge is 0.265 e. The number of hydrogen-bond donors (Lipinski definition) is 1. The molecule has 2 heterocycles. The average molecular weight is 401 g/mol. The van der Waals surface area contributed by atoms with Crippen molar-refractivity contribution in [2.45, 2.75) is 6.42 Å². The predicted octanol–water partition coefficient (Wildman–Crippen LogP) is 3.71. The zero-order valence-corrected chi connectivity index (χ0v) is 16.0. The SMILES string of the molecule is N#Cc1cccc(CCN2C(=O)c3cccc(NC(=O)c4cccs4)c3C2=O)c1. The second-order valence-corrected chi connectivity index (χ2v) is 7.43. The van der Waals surface area contributed by atoms with E-state index in [0.717, 1.165) is 5.56 Å². The fourth-order valence-corrected chi connectivity index (χ4v) is 3.89. The number of hydrogen-bond acceptors (Lipinski definition) is 5. The third-order valence-corrected chi connectivity index (χ3v) is 5.54. The van der Waals surface area contributed by atoms with Gasteiger partial charge in [0, 0.05) is 6.54 Å². The van der Waals surface area contributed by atoms with Crippen LogP contribution in [0.2, 0.25) is 0 Å². The Labute approximate surface area is 171 Å². The maximum absolute atomic E-state index is 12.9. The second-order valence-electron chi connectivity index (χ2n) is 6.48. The first kappa shape index (κ1) is 18.6. The van der Waals surface area contributed by atoms with Gasteiger partial charge in [-0.15, -0.1) is 11.3 Å². The number of carbonyl (C=O) groups excluding carboxylic acids is 3. The molecule has 0 atom stereocenters. The standard InChI is InChI=1S/C22H15N3O3S/c23-13-15-5-1-4-14(12-15)9-10-25-21(27)16-6-2-7-17(19(16)22(25)28)24-20(26)18-8-3-11-29-18/h1-8,11-12H,9-10H2,(H,24,26). The van der Waals surface area contributed by atoms with Crippen molar-refractivity contribution in [3.63, 3.8) is 0 Å². The van der Waals surface area contributed by atoms with E-state index in [9.17, 15) is 14.4 Å². The van der Waals surface area contributed by atoms with Crippen LogP contribution in [-0.2, 0) is 6.42 Å². The van der Waals surface area contributed by atoms with E-state index in [4.69, 9.17) is 5.26 Å². The molecule has 3 aromatic rings. The summed E-state index contributed by atoms with van der Waals surface area (Å²) in [7, 11) is 0. The lowest BCUT2D eigenvalue weighted by Gasteiger charge is -2.14. The molecule has 1 aliphatic rings. The molecule has 0 radical (unpaired) electrons. The molecule has 1 aliphatic heterocycles. The molecule has 1 aromatic heterocycles. The van der Waals surface area contributed by atoms with Crippen molar-refractivity contribution >= 4 is 34.7 Å². The molecule has 3 amide bonds. The Kier molecular flexibility index (Phi) is 4.94. The van der Waals surface area contributed by atoms with Gasteiger partial charge < -0.3 is 5.32 Å². The highest BCUT2D eigenvalue weighted by Crippen LogP contribution is 2.30. The Morgan fingerprint density at radius 1 is 1.07 bits per heavy atom. The maximum atomic E-state index is 12.9. The molecule has 7 heteroatoms. The van der Waals surface area contributed by atoms with Crippen molar-refractivity contribution in [2.24, 2.45) is 0 Å². The summed E-state index contributed by atoms with van der Waals surface area (Å²) >= 11 is 1.30. The average Bonchev–Trinajstić information content (AvgIpc) is 3.35. The lowest BCUT2D eigenvalue weighted by Crippen LogP contribution is -2.32. The van der Waals surface area contributed by atoms with Crippen LogP contribution in [0.5, 0.6) is 0 Å². The van der Waals surface area contributed by atoms with Gasteiger partial charge in [0.05, 0.1) is 33.3 Å². The molecule has 0 bridgehead atoms. The van der Waals surface area contributed by atoms with Crippen molar-refractivity contribution in [3.05, 3.63) is 87.1 Å². The quantitative estimate of drug-likeness (QED) is 0.660. The van der Waals surface area contributed by atoms with Crippen LogP contribution < -0.4 is 5.32 Å². The van der Waals surface area contributed by atoms with Crippen LogP contribution >= 0.6 is 11.3 Å². The van der Waals surface area contributed by atoms with Gasteiger partial charge in [-0.2, -0.15) is 5.26 Å². The minimum Gasteiger partial charge on any atom is -0.321 e. The maximum Gasteiger partial charge on any atom is 0.265 e. The lowest BCUT2D eigenvalue weighted by molar-refractivity contribution is 0.0656. The van der Waals surface area contributed by atoms with Crippen molar-refractivity contribution in [1.29, 1.82) is 5.26 Å². The van der Waals surface area contributed by atoms with E-state index < -0.39 is 5.91 Å². The number of rotatable bonds is 5. The van der Waals surface area contributed by atoms with E-state index in [-0.39, 0.29) is 29.5 Å². The Balaban J connectivity index is 1.55. The molecule has 142 valence electrons. The molecule has 0 fully saturated rings. The predicted molar refractivity (Wildman–Crippen MR) is 109 cm³/mol. The fraction of sp³-hybridized carbons (Fsp3) is 0.0909. The topological polar surface area (TPSA) is 90.3 Å². The molecule has 1 N–H and O–H groups in total. The molecule has 4 rings (SSSR count). The van der Waals surface area contributed by atoms with E-state index in [1.165, 1.54) is 16.2 Å². The zero-order chi connectivity index (χ0) is 20.4. The highest BCUT2D eigenvalue weighted by Gasteiger charge is 2.37. The van der Waals surface area contributed by atoms with E-state index >= 15 is 0 Å². The number of nitriles is 1. The molecular formula is C22H15N3O3S. The summed E-state index contributed by atoms with van der Waals surface area (Å²) in [4.78, 5) is 39.8. The van der Waals surface area contributed by atoms with Crippen LogP contribution in [0, 0.1) is 11.3 Å². The first-order chi connectivity index (χ1) is 14.1. The molecule has 0 saturated carbocycles. The van der Waals surface area contributed by atoms with Crippen LogP contribution in [0.3, 0.4) is 0 Å². The fourth-order valence-electron chi connectivity index (χ4n) is 3.27. The van der Waals surface area contributed by atoms with Gasteiger partial charge >= 0.3 is 0 Å². The van der Waals surface area contributed by atoms with Crippen LogP contribution in [-0.4, -0.2) is 29.2 Å². The van der Waals surface area contributed by atoms with Gasteiger partial charge in [0.2, 0.25) is 0 Å². The Morgan fingerprint density at radius 2 is 1.90 bits per heavy atom. The van der Waals surface area contributed by atoms with Crippen molar-refractivity contribution in [3.8, 4) is 6.07 Å². The minimum atomic E-state index is -0.427. The second kappa shape index (κ2) is 7.70. The van der Waals surface area contributed by atoms with Crippen LogP contribution in [0.15, 0.2) is 60.0 Å². The van der Waals surface area contributed by atoms with E-state index in [2.05, 4.69) is 11.4 Å². The summed E-state index contributed by atoms with van der Waals surface area (Å²) in [5, 5.41) is 13.5. The zero-order valence-electron chi connectivity index (χ0n) is 15.2.